The van der Waals surface area contributed by atoms with Crippen molar-refractivity contribution in [1.29, 1.82) is 0 Å². The smallest absolute Gasteiger partial charge is 0.334 e. The van der Waals surface area contributed by atoms with Crippen molar-refractivity contribution < 1.29 is 24.1 Å². The fraction of sp³-hybridized carbons (Fsp3) is 0.591. The Morgan fingerprint density at radius 2 is 1.81 bits per heavy atom. The first-order valence-corrected chi connectivity index (χ1v) is 9.69. The Hall–Kier alpha value is -1.69. The lowest BCUT2D eigenvalue weighted by molar-refractivity contribution is -0.298. The van der Waals surface area contributed by atoms with Crippen LogP contribution in [0.2, 0.25) is 0 Å². The molecule has 1 N–H and O–H groups in total. The molecule has 2 aliphatic carbocycles. The molecule has 3 unspecified atom stereocenters. The maximum Gasteiger partial charge on any atom is 0.334 e. The Morgan fingerprint density at radius 3 is 2.48 bits per heavy atom. The molecule has 5 nitrogen and oxygen atoms in total. The summed E-state index contributed by atoms with van der Waals surface area (Å²) in [6, 6.07) is 9.64. The van der Waals surface area contributed by atoms with Crippen molar-refractivity contribution >= 4 is 5.97 Å². The number of ether oxygens (including phenoxy) is 3. The zero-order valence-electron chi connectivity index (χ0n) is 16.2. The molecule has 4 rings (SSSR count). The van der Waals surface area contributed by atoms with Gasteiger partial charge < -0.3 is 19.3 Å². The van der Waals surface area contributed by atoms with Gasteiger partial charge in [-0.15, -0.1) is 0 Å². The minimum absolute atomic E-state index is 0.0613. The van der Waals surface area contributed by atoms with Crippen LogP contribution in [0.15, 0.2) is 42.0 Å². The summed E-state index contributed by atoms with van der Waals surface area (Å²) in [6.07, 6.45) is 2.72. The van der Waals surface area contributed by atoms with Crippen LogP contribution in [0.25, 0.3) is 0 Å². The summed E-state index contributed by atoms with van der Waals surface area (Å²) in [4.78, 5) is 12.5. The number of esters is 1. The first-order valence-electron chi connectivity index (χ1n) is 9.69. The van der Waals surface area contributed by atoms with Crippen LogP contribution in [-0.2, 0) is 25.6 Å². The molecule has 27 heavy (non-hydrogen) atoms. The highest BCUT2D eigenvalue weighted by molar-refractivity contribution is 5.94. The molecule has 1 aliphatic heterocycles. The molecule has 1 saturated heterocycles. The number of aliphatic hydroxyl groups excluding tert-OH is 1. The van der Waals surface area contributed by atoms with E-state index in [0.29, 0.717) is 25.2 Å². The van der Waals surface area contributed by atoms with Gasteiger partial charge in [0.1, 0.15) is 6.61 Å². The van der Waals surface area contributed by atoms with E-state index in [1.165, 1.54) is 0 Å². The Morgan fingerprint density at radius 1 is 1.15 bits per heavy atom. The molecular weight excluding hydrogens is 344 g/mol. The number of benzene rings is 1. The maximum atomic E-state index is 12.5. The molecule has 1 saturated carbocycles. The molecule has 0 aromatic heterocycles. The van der Waals surface area contributed by atoms with Crippen LogP contribution in [0.1, 0.15) is 39.2 Å². The molecule has 0 radical (unpaired) electrons. The summed E-state index contributed by atoms with van der Waals surface area (Å²) in [7, 11) is 0. The Kier molecular flexibility index (Phi) is 4.45. The molecule has 3 atom stereocenters. The molecule has 146 valence electrons. The lowest BCUT2D eigenvalue weighted by atomic mass is 9.56. The van der Waals surface area contributed by atoms with E-state index < -0.39 is 22.7 Å². The van der Waals surface area contributed by atoms with Gasteiger partial charge in [-0.3, -0.25) is 0 Å². The van der Waals surface area contributed by atoms with Crippen LogP contribution < -0.4 is 0 Å². The number of rotatable bonds is 4. The number of allylic oxidation sites excluding steroid dienone is 1. The number of carbonyl (C=O) groups is 1. The van der Waals surface area contributed by atoms with E-state index in [-0.39, 0.29) is 18.5 Å². The van der Waals surface area contributed by atoms with Gasteiger partial charge in [-0.2, -0.15) is 0 Å². The highest BCUT2D eigenvalue weighted by Gasteiger charge is 2.65. The molecule has 1 heterocycles. The molecule has 1 aromatic rings. The number of aliphatic hydroxyl groups is 1. The van der Waals surface area contributed by atoms with Gasteiger partial charge in [-0.05, 0) is 12.0 Å². The third-order valence-electron chi connectivity index (χ3n) is 6.77. The van der Waals surface area contributed by atoms with Crippen LogP contribution in [0.3, 0.4) is 0 Å². The molecule has 3 aliphatic rings. The predicted octanol–water partition coefficient (Wildman–Crippen LogP) is 3.22. The fourth-order valence-corrected chi connectivity index (χ4v) is 4.90. The van der Waals surface area contributed by atoms with Gasteiger partial charge in [0.25, 0.3) is 0 Å². The summed E-state index contributed by atoms with van der Waals surface area (Å²) in [5.41, 5.74) is 0.649. The normalized spacial score (nSPS) is 33.6. The number of carbonyl (C=O) groups excluding carboxylic acids is 1. The minimum atomic E-state index is -0.727. The molecule has 0 amide bonds. The average Bonchev–Trinajstić information content (AvgIpc) is 3.34. The van der Waals surface area contributed by atoms with E-state index >= 15 is 0 Å². The number of hydrogen-bond acceptors (Lipinski definition) is 5. The Labute approximate surface area is 160 Å². The van der Waals surface area contributed by atoms with Crippen molar-refractivity contribution in [2.75, 3.05) is 13.2 Å². The summed E-state index contributed by atoms with van der Waals surface area (Å²) in [6.45, 7) is 7.43. The summed E-state index contributed by atoms with van der Waals surface area (Å²) >= 11 is 0. The first-order chi connectivity index (χ1) is 12.8. The summed E-state index contributed by atoms with van der Waals surface area (Å²) in [5, 5.41) is 11.3. The largest absolute Gasteiger partial charge is 0.457 e. The van der Waals surface area contributed by atoms with Crippen molar-refractivity contribution in [3.63, 3.8) is 0 Å². The second-order valence-corrected chi connectivity index (χ2v) is 8.74. The van der Waals surface area contributed by atoms with Crippen LogP contribution in [0.5, 0.6) is 0 Å². The van der Waals surface area contributed by atoms with E-state index in [0.717, 1.165) is 12.0 Å². The fourth-order valence-electron chi connectivity index (χ4n) is 4.90. The van der Waals surface area contributed by atoms with Gasteiger partial charge in [0.2, 0.25) is 0 Å². The van der Waals surface area contributed by atoms with Crippen molar-refractivity contribution in [3.05, 3.63) is 47.5 Å². The van der Waals surface area contributed by atoms with Gasteiger partial charge in [0, 0.05) is 28.7 Å². The predicted molar refractivity (Wildman–Crippen MR) is 99.6 cm³/mol. The number of hydrogen-bond donors (Lipinski definition) is 1. The first kappa shape index (κ1) is 18.7. The highest BCUT2D eigenvalue weighted by atomic mass is 16.7. The molecule has 2 fully saturated rings. The van der Waals surface area contributed by atoms with Gasteiger partial charge in [0.15, 0.2) is 5.79 Å². The van der Waals surface area contributed by atoms with E-state index in [1.807, 2.05) is 50.3 Å². The second kappa shape index (κ2) is 6.43. The van der Waals surface area contributed by atoms with Crippen LogP contribution in [0, 0.1) is 16.7 Å². The third-order valence-corrected chi connectivity index (χ3v) is 6.77. The Balaban J connectivity index is 1.42. The summed E-state index contributed by atoms with van der Waals surface area (Å²) in [5.74, 6) is -1.08. The van der Waals surface area contributed by atoms with Crippen LogP contribution in [-0.4, -0.2) is 36.2 Å². The average molecular weight is 372 g/mol. The third kappa shape index (κ3) is 2.93. The van der Waals surface area contributed by atoms with Crippen LogP contribution >= 0.6 is 0 Å². The highest BCUT2D eigenvalue weighted by Crippen LogP contribution is 2.61. The zero-order valence-corrected chi connectivity index (χ0v) is 16.2. The lowest BCUT2D eigenvalue weighted by Crippen LogP contribution is -2.62. The molecule has 1 spiro atoms. The molecular formula is C22H28O5. The van der Waals surface area contributed by atoms with Gasteiger partial charge in [0.05, 0.1) is 19.3 Å². The lowest BCUT2D eigenvalue weighted by Gasteiger charge is -2.56. The van der Waals surface area contributed by atoms with E-state index in [2.05, 4.69) is 6.92 Å². The summed E-state index contributed by atoms with van der Waals surface area (Å²) < 4.78 is 17.3. The van der Waals surface area contributed by atoms with Crippen molar-refractivity contribution in [3.8, 4) is 0 Å². The van der Waals surface area contributed by atoms with Crippen LogP contribution in [0.4, 0.5) is 0 Å². The monoisotopic (exact) mass is 372 g/mol. The van der Waals surface area contributed by atoms with E-state index in [9.17, 15) is 9.90 Å². The standard InChI is InChI=1S/C22H28O5/c1-20(2)19(24)21(3,9-10-22(20)26-11-12-27-22)17-13-16(17)18(23)25-14-15-7-5-4-6-8-15/h4-8,13,17,19,24H,9-12,14H2,1-3H3. The topological polar surface area (TPSA) is 65.0 Å². The molecule has 0 bridgehead atoms. The van der Waals surface area contributed by atoms with E-state index in [4.69, 9.17) is 14.2 Å². The molecule has 1 aromatic carbocycles. The van der Waals surface area contributed by atoms with Crippen molar-refractivity contribution in [2.45, 2.75) is 52.1 Å². The minimum Gasteiger partial charge on any atom is -0.457 e. The van der Waals surface area contributed by atoms with Gasteiger partial charge >= 0.3 is 5.97 Å². The van der Waals surface area contributed by atoms with Gasteiger partial charge in [-0.1, -0.05) is 57.2 Å². The van der Waals surface area contributed by atoms with E-state index in [1.54, 1.807) is 0 Å². The zero-order chi connectivity index (χ0) is 19.3. The maximum absolute atomic E-state index is 12.5. The molecule has 5 heteroatoms. The van der Waals surface area contributed by atoms with Crippen molar-refractivity contribution in [2.24, 2.45) is 16.7 Å². The second-order valence-electron chi connectivity index (χ2n) is 8.74. The van der Waals surface area contributed by atoms with Gasteiger partial charge in [-0.25, -0.2) is 4.79 Å². The van der Waals surface area contributed by atoms with Crippen molar-refractivity contribution in [1.82, 2.24) is 0 Å². The Bertz CT molecular complexity index is 747. The SMILES string of the molecule is CC1(C2C=C2C(=O)OCc2ccccc2)CCC2(OCCO2)C(C)(C)C1O. The quantitative estimate of drug-likeness (QED) is 0.822.